The number of aliphatic imine (C=N–C) groups is 1. The van der Waals surface area contributed by atoms with Crippen molar-refractivity contribution in [3.63, 3.8) is 0 Å². The van der Waals surface area contributed by atoms with Gasteiger partial charge in [0.1, 0.15) is 0 Å². The number of rotatable bonds is 7. The molecule has 0 unspecified atom stereocenters. The van der Waals surface area contributed by atoms with E-state index in [9.17, 15) is 0 Å². The first-order valence-electron chi connectivity index (χ1n) is 10.2. The Labute approximate surface area is 178 Å². The third-order valence-corrected chi connectivity index (χ3v) is 5.69. The van der Waals surface area contributed by atoms with Crippen LogP contribution in [0.4, 0.5) is 0 Å². The Morgan fingerprint density at radius 2 is 1.83 bits per heavy atom. The zero-order chi connectivity index (χ0) is 21.7. The molecule has 164 valence electrons. The quantitative estimate of drug-likeness (QED) is 0.553. The fourth-order valence-electron chi connectivity index (χ4n) is 3.95. The summed E-state index contributed by atoms with van der Waals surface area (Å²) in [6, 6.07) is 4.16. The molecule has 1 N–H and O–H groups in total. The van der Waals surface area contributed by atoms with Crippen molar-refractivity contribution in [2.75, 3.05) is 41.5 Å². The van der Waals surface area contributed by atoms with E-state index in [2.05, 4.69) is 39.4 Å². The molecular weight excluding hydrogens is 382 g/mol. The minimum Gasteiger partial charge on any atom is -0.493 e. The molecule has 1 aliphatic heterocycles. The number of fused-ring (bicyclic) bond motifs is 1. The van der Waals surface area contributed by atoms with E-state index in [0.29, 0.717) is 13.2 Å². The van der Waals surface area contributed by atoms with Crippen molar-refractivity contribution >= 4 is 5.96 Å². The molecule has 0 radical (unpaired) electrons. The third kappa shape index (κ3) is 4.53. The highest BCUT2D eigenvalue weighted by Crippen LogP contribution is 2.33. The maximum Gasteiger partial charge on any atom is 0.194 e. The van der Waals surface area contributed by atoms with E-state index < -0.39 is 0 Å². The van der Waals surface area contributed by atoms with Crippen molar-refractivity contribution in [1.82, 2.24) is 20.0 Å². The molecule has 0 bridgehead atoms. The predicted octanol–water partition coefficient (Wildman–Crippen LogP) is 2.30. The van der Waals surface area contributed by atoms with Crippen molar-refractivity contribution < 1.29 is 14.2 Å². The summed E-state index contributed by atoms with van der Waals surface area (Å²) in [4.78, 5) is 6.79. The van der Waals surface area contributed by atoms with Crippen LogP contribution in [0.5, 0.6) is 11.5 Å². The number of aromatic nitrogens is 2. The molecule has 3 rings (SSSR count). The lowest BCUT2D eigenvalue weighted by atomic mass is 9.99. The topological polar surface area (TPSA) is 73.1 Å². The summed E-state index contributed by atoms with van der Waals surface area (Å²) >= 11 is 0. The Balaban J connectivity index is 1.70. The van der Waals surface area contributed by atoms with Gasteiger partial charge in [0.2, 0.25) is 0 Å². The summed E-state index contributed by atoms with van der Waals surface area (Å²) in [5.74, 6) is 2.43. The molecule has 1 aliphatic rings. The minimum absolute atomic E-state index is 0.651. The van der Waals surface area contributed by atoms with Crippen LogP contribution >= 0.6 is 0 Å². The van der Waals surface area contributed by atoms with E-state index in [-0.39, 0.29) is 0 Å². The van der Waals surface area contributed by atoms with Crippen LogP contribution in [0.2, 0.25) is 0 Å². The molecule has 0 fully saturated rings. The molecule has 0 saturated carbocycles. The summed E-state index contributed by atoms with van der Waals surface area (Å²) in [7, 11) is 6.88. The second kappa shape index (κ2) is 9.84. The van der Waals surface area contributed by atoms with Crippen LogP contribution in [-0.4, -0.2) is 62.2 Å². The summed E-state index contributed by atoms with van der Waals surface area (Å²) in [5.41, 5.74) is 5.93. The highest BCUT2D eigenvalue weighted by atomic mass is 16.5. The first-order valence-corrected chi connectivity index (χ1v) is 10.2. The van der Waals surface area contributed by atoms with E-state index >= 15 is 0 Å². The molecule has 0 atom stereocenters. The molecule has 0 amide bonds. The number of nitrogens with one attached hydrogen (secondary N) is 1. The van der Waals surface area contributed by atoms with E-state index in [0.717, 1.165) is 54.9 Å². The second-order valence-corrected chi connectivity index (χ2v) is 7.41. The molecule has 30 heavy (non-hydrogen) atoms. The van der Waals surface area contributed by atoms with Gasteiger partial charge in [0.25, 0.3) is 0 Å². The highest BCUT2D eigenvalue weighted by molar-refractivity contribution is 5.80. The van der Waals surface area contributed by atoms with Gasteiger partial charge in [-0.2, -0.15) is 5.10 Å². The van der Waals surface area contributed by atoms with Crippen LogP contribution in [0, 0.1) is 13.8 Å². The third-order valence-electron chi connectivity index (χ3n) is 5.69. The Hall–Kier alpha value is -2.74. The Morgan fingerprint density at radius 3 is 2.47 bits per heavy atom. The van der Waals surface area contributed by atoms with Gasteiger partial charge in [-0.1, -0.05) is 0 Å². The smallest absolute Gasteiger partial charge is 0.194 e. The zero-order valence-corrected chi connectivity index (χ0v) is 18.9. The summed E-state index contributed by atoms with van der Waals surface area (Å²) < 4.78 is 18.1. The number of benzene rings is 1. The SMILES string of the molecule is CN=C(NCc1c(C)nn(CCOC)c1C)N1CCc2cc(OC)c(OC)cc2C1. The second-order valence-electron chi connectivity index (χ2n) is 7.41. The molecule has 8 heteroatoms. The van der Waals surface area contributed by atoms with Gasteiger partial charge < -0.3 is 24.4 Å². The van der Waals surface area contributed by atoms with Crippen molar-refractivity contribution in [3.05, 3.63) is 40.2 Å². The Bertz CT molecular complexity index is 907. The largest absolute Gasteiger partial charge is 0.493 e. The summed E-state index contributed by atoms with van der Waals surface area (Å²) in [6.45, 7) is 7.92. The average molecular weight is 416 g/mol. The molecule has 0 spiro atoms. The number of ether oxygens (including phenoxy) is 3. The van der Waals surface area contributed by atoms with Gasteiger partial charge in [-0.05, 0) is 43.5 Å². The number of methoxy groups -OCH3 is 3. The number of aryl methyl sites for hydroxylation is 1. The maximum atomic E-state index is 5.48. The van der Waals surface area contributed by atoms with Gasteiger partial charge in [0.05, 0.1) is 33.1 Å². The molecule has 1 aromatic carbocycles. The van der Waals surface area contributed by atoms with Crippen molar-refractivity contribution in [1.29, 1.82) is 0 Å². The van der Waals surface area contributed by atoms with Crippen LogP contribution in [0.15, 0.2) is 17.1 Å². The maximum absolute atomic E-state index is 5.48. The number of hydrogen-bond acceptors (Lipinski definition) is 5. The molecule has 1 aromatic heterocycles. The average Bonchev–Trinajstić information content (AvgIpc) is 3.04. The summed E-state index contributed by atoms with van der Waals surface area (Å²) in [5, 5.41) is 8.17. The lowest BCUT2D eigenvalue weighted by Gasteiger charge is -2.32. The first kappa shape index (κ1) is 22.0. The van der Waals surface area contributed by atoms with Crippen molar-refractivity contribution in [2.45, 2.75) is 39.9 Å². The van der Waals surface area contributed by atoms with Crippen LogP contribution in [0.1, 0.15) is 28.1 Å². The van der Waals surface area contributed by atoms with E-state index in [4.69, 9.17) is 14.2 Å². The normalized spacial score (nSPS) is 13.9. The number of guanidine groups is 1. The monoisotopic (exact) mass is 415 g/mol. The first-order chi connectivity index (χ1) is 14.5. The van der Waals surface area contributed by atoms with Gasteiger partial charge in [-0.25, -0.2) is 0 Å². The van der Waals surface area contributed by atoms with Gasteiger partial charge in [0.15, 0.2) is 17.5 Å². The standard InChI is InChI=1S/C22H33N5O3/c1-15-19(16(2)27(25-15)9-10-28-4)13-24-22(23-3)26-8-7-17-11-20(29-5)21(30-6)12-18(17)14-26/h11-12H,7-10,13-14H2,1-6H3,(H,23,24). The molecule has 8 nitrogen and oxygen atoms in total. The highest BCUT2D eigenvalue weighted by Gasteiger charge is 2.22. The summed E-state index contributed by atoms with van der Waals surface area (Å²) in [6.07, 6.45) is 0.934. The minimum atomic E-state index is 0.651. The fraction of sp³-hybridized carbons (Fsp3) is 0.545. The van der Waals surface area contributed by atoms with Gasteiger partial charge >= 0.3 is 0 Å². The predicted molar refractivity (Wildman–Crippen MR) is 117 cm³/mol. The molecule has 2 aromatic rings. The number of hydrogen-bond donors (Lipinski definition) is 1. The Kier molecular flexibility index (Phi) is 7.20. The Morgan fingerprint density at radius 1 is 1.13 bits per heavy atom. The van der Waals surface area contributed by atoms with Crippen LogP contribution in [-0.2, 0) is 30.8 Å². The zero-order valence-electron chi connectivity index (χ0n) is 18.9. The van der Waals surface area contributed by atoms with Crippen LogP contribution < -0.4 is 14.8 Å². The molecule has 0 saturated heterocycles. The van der Waals surface area contributed by atoms with E-state index in [1.54, 1.807) is 21.3 Å². The molecule has 0 aliphatic carbocycles. The van der Waals surface area contributed by atoms with Gasteiger partial charge in [-0.15, -0.1) is 0 Å². The molecular formula is C22H33N5O3. The van der Waals surface area contributed by atoms with Crippen molar-refractivity contribution in [2.24, 2.45) is 4.99 Å². The van der Waals surface area contributed by atoms with Gasteiger partial charge in [-0.3, -0.25) is 9.67 Å². The van der Waals surface area contributed by atoms with E-state index in [1.807, 2.05) is 18.7 Å². The molecule has 2 heterocycles. The fourth-order valence-corrected chi connectivity index (χ4v) is 3.95. The van der Waals surface area contributed by atoms with E-state index in [1.165, 1.54) is 16.7 Å². The van der Waals surface area contributed by atoms with Gasteiger partial charge in [0, 0.05) is 45.0 Å². The van der Waals surface area contributed by atoms with Crippen LogP contribution in [0.25, 0.3) is 0 Å². The number of nitrogens with zero attached hydrogens (tertiary/aromatic N) is 4. The lowest BCUT2D eigenvalue weighted by molar-refractivity contribution is 0.182. The van der Waals surface area contributed by atoms with Crippen LogP contribution in [0.3, 0.4) is 0 Å². The lowest BCUT2D eigenvalue weighted by Crippen LogP contribution is -2.43. The van der Waals surface area contributed by atoms with Crippen molar-refractivity contribution in [3.8, 4) is 11.5 Å².